The Hall–Kier alpha value is -1.16. The highest BCUT2D eigenvalue weighted by Gasteiger charge is 2.27. The summed E-state index contributed by atoms with van der Waals surface area (Å²) in [6.45, 7) is 1.75. The predicted octanol–water partition coefficient (Wildman–Crippen LogP) is 0.0808. The van der Waals surface area contributed by atoms with E-state index in [1.54, 1.807) is 6.92 Å². The largest absolute Gasteiger partial charge is 0.280 e. The van der Waals surface area contributed by atoms with E-state index < -0.39 is 11.8 Å². The van der Waals surface area contributed by atoms with Crippen molar-refractivity contribution in [1.29, 1.82) is 0 Å². The molecule has 0 aromatic rings. The third-order valence-corrected chi connectivity index (χ3v) is 1.35. The van der Waals surface area contributed by atoms with Crippen molar-refractivity contribution in [2.75, 3.05) is 0 Å². The fraction of sp³-hybridized carbons (Fsp3) is 0.333. The maximum atomic E-state index is 10.7. The van der Waals surface area contributed by atoms with Gasteiger partial charge in [-0.3, -0.25) is 14.8 Å². The van der Waals surface area contributed by atoms with Crippen molar-refractivity contribution in [3.8, 4) is 0 Å². The fourth-order valence-corrected chi connectivity index (χ4v) is 0.761. The molecule has 1 aliphatic heterocycles. The minimum absolute atomic E-state index is 0.124. The summed E-state index contributed by atoms with van der Waals surface area (Å²) in [7, 11) is 0. The molecule has 0 aliphatic carbocycles. The molecule has 4 heteroatoms. The van der Waals surface area contributed by atoms with Gasteiger partial charge in [-0.05, 0) is 6.42 Å². The van der Waals surface area contributed by atoms with Gasteiger partial charge in [-0.1, -0.05) is 6.92 Å². The lowest BCUT2D eigenvalue weighted by molar-refractivity contribution is -0.169. The van der Waals surface area contributed by atoms with Crippen molar-refractivity contribution in [2.24, 2.45) is 0 Å². The molecule has 54 valence electrons. The fourth-order valence-electron chi connectivity index (χ4n) is 0.761. The van der Waals surface area contributed by atoms with Crippen LogP contribution in [-0.4, -0.2) is 22.1 Å². The molecule has 0 aromatic carbocycles. The zero-order valence-electron chi connectivity index (χ0n) is 5.50. The summed E-state index contributed by atoms with van der Waals surface area (Å²) in [4.78, 5) is 21.3. The molecule has 0 spiro atoms. The number of rotatable bonds is 1. The van der Waals surface area contributed by atoms with Crippen molar-refractivity contribution >= 4 is 11.8 Å². The number of imide groups is 1. The van der Waals surface area contributed by atoms with E-state index in [0.717, 1.165) is 6.08 Å². The number of hydrogen-bond acceptors (Lipinski definition) is 3. The van der Waals surface area contributed by atoms with Gasteiger partial charge in [0, 0.05) is 11.6 Å². The van der Waals surface area contributed by atoms with Crippen LogP contribution >= 0.6 is 0 Å². The lowest BCUT2D eigenvalue weighted by Gasteiger charge is -2.01. The van der Waals surface area contributed by atoms with Gasteiger partial charge in [-0.2, -0.15) is 0 Å². The highest BCUT2D eigenvalue weighted by atomic mass is 16.5. The molecule has 0 radical (unpaired) electrons. The monoisotopic (exact) mass is 141 g/mol. The van der Waals surface area contributed by atoms with Crippen LogP contribution < -0.4 is 0 Å². The maximum Gasteiger partial charge on any atom is 0.280 e. The van der Waals surface area contributed by atoms with Crippen LogP contribution in [0.3, 0.4) is 0 Å². The molecule has 0 saturated carbocycles. The molecular weight excluding hydrogens is 134 g/mol. The Bertz CT molecular complexity index is 219. The van der Waals surface area contributed by atoms with E-state index in [4.69, 9.17) is 5.21 Å². The average molecular weight is 141 g/mol. The number of carbonyl (C=O) groups is 2. The Labute approximate surface area is 57.7 Å². The van der Waals surface area contributed by atoms with E-state index in [1.165, 1.54) is 0 Å². The predicted molar refractivity (Wildman–Crippen MR) is 32.0 cm³/mol. The van der Waals surface area contributed by atoms with Gasteiger partial charge in [-0.15, -0.1) is 5.06 Å². The first-order chi connectivity index (χ1) is 4.66. The molecule has 0 atom stereocenters. The number of nitrogens with zero attached hydrogens (tertiary/aromatic N) is 1. The van der Waals surface area contributed by atoms with Crippen molar-refractivity contribution in [2.45, 2.75) is 13.3 Å². The molecule has 1 N–H and O–H groups in total. The number of amides is 2. The van der Waals surface area contributed by atoms with Gasteiger partial charge in [0.25, 0.3) is 11.8 Å². The Balaban J connectivity index is 2.89. The second kappa shape index (κ2) is 2.22. The summed E-state index contributed by atoms with van der Waals surface area (Å²) >= 11 is 0. The van der Waals surface area contributed by atoms with Gasteiger partial charge < -0.3 is 0 Å². The second-order valence-electron chi connectivity index (χ2n) is 1.98. The van der Waals surface area contributed by atoms with Gasteiger partial charge >= 0.3 is 0 Å². The molecule has 4 nitrogen and oxygen atoms in total. The first-order valence-electron chi connectivity index (χ1n) is 2.94. The standard InChI is InChI=1S/C6H7NO3/c1-2-4-3-5(8)7(10)6(4)9/h3,10H,2H2,1H3. The topological polar surface area (TPSA) is 57.6 Å². The van der Waals surface area contributed by atoms with Crippen LogP contribution in [0.4, 0.5) is 0 Å². The summed E-state index contributed by atoms with van der Waals surface area (Å²) in [5.41, 5.74) is 0.354. The highest BCUT2D eigenvalue weighted by molar-refractivity contribution is 6.14. The zero-order valence-corrected chi connectivity index (χ0v) is 5.50. The Morgan fingerprint density at radius 1 is 1.60 bits per heavy atom. The molecule has 10 heavy (non-hydrogen) atoms. The normalized spacial score (nSPS) is 18.2. The Morgan fingerprint density at radius 2 is 2.20 bits per heavy atom. The van der Waals surface area contributed by atoms with Crippen molar-refractivity contribution in [1.82, 2.24) is 5.06 Å². The molecule has 2 amide bonds. The quantitative estimate of drug-likeness (QED) is 0.415. The average Bonchev–Trinajstić information content (AvgIpc) is 2.17. The van der Waals surface area contributed by atoms with Crippen LogP contribution in [0.1, 0.15) is 13.3 Å². The van der Waals surface area contributed by atoms with Gasteiger partial charge in [0.05, 0.1) is 0 Å². The molecular formula is C6H7NO3. The first kappa shape index (κ1) is 6.95. The lowest BCUT2D eigenvalue weighted by Crippen LogP contribution is -2.26. The van der Waals surface area contributed by atoms with E-state index in [0.29, 0.717) is 12.0 Å². The van der Waals surface area contributed by atoms with E-state index in [9.17, 15) is 9.59 Å². The molecule has 1 rings (SSSR count). The first-order valence-corrected chi connectivity index (χ1v) is 2.94. The van der Waals surface area contributed by atoms with Crippen molar-refractivity contribution < 1.29 is 14.8 Å². The van der Waals surface area contributed by atoms with Crippen LogP contribution in [-0.2, 0) is 9.59 Å². The zero-order chi connectivity index (χ0) is 7.72. The third kappa shape index (κ3) is 0.823. The molecule has 0 aromatic heterocycles. The summed E-state index contributed by atoms with van der Waals surface area (Å²) in [5, 5.41) is 8.77. The SMILES string of the molecule is CCC1=CC(=O)N(O)C1=O. The summed E-state index contributed by atoms with van der Waals surface area (Å²) in [5.74, 6) is -1.26. The van der Waals surface area contributed by atoms with E-state index >= 15 is 0 Å². The van der Waals surface area contributed by atoms with Gasteiger partial charge in [-0.25, -0.2) is 0 Å². The van der Waals surface area contributed by atoms with Gasteiger partial charge in [0.2, 0.25) is 0 Å². The highest BCUT2D eigenvalue weighted by Crippen LogP contribution is 2.12. The minimum Gasteiger partial charge on any atom is -0.278 e. The van der Waals surface area contributed by atoms with Gasteiger partial charge in [0.15, 0.2) is 0 Å². The summed E-state index contributed by atoms with van der Waals surface area (Å²) in [6, 6.07) is 0. The smallest absolute Gasteiger partial charge is 0.278 e. The number of hydrogen-bond donors (Lipinski definition) is 1. The van der Waals surface area contributed by atoms with Crippen LogP contribution in [0.5, 0.6) is 0 Å². The minimum atomic E-state index is -0.651. The summed E-state index contributed by atoms with van der Waals surface area (Å²) in [6.07, 6.45) is 1.62. The maximum absolute atomic E-state index is 10.7. The van der Waals surface area contributed by atoms with Crippen LogP contribution in [0.25, 0.3) is 0 Å². The summed E-state index contributed by atoms with van der Waals surface area (Å²) < 4.78 is 0. The molecule has 0 fully saturated rings. The second-order valence-corrected chi connectivity index (χ2v) is 1.98. The van der Waals surface area contributed by atoms with Crippen LogP contribution in [0.2, 0.25) is 0 Å². The molecule has 1 aliphatic rings. The van der Waals surface area contributed by atoms with E-state index in [-0.39, 0.29) is 5.06 Å². The van der Waals surface area contributed by atoms with Crippen molar-refractivity contribution in [3.05, 3.63) is 11.6 Å². The molecule has 0 unspecified atom stereocenters. The van der Waals surface area contributed by atoms with Gasteiger partial charge in [0.1, 0.15) is 0 Å². The third-order valence-electron chi connectivity index (χ3n) is 1.35. The number of hydroxylamine groups is 2. The van der Waals surface area contributed by atoms with E-state index in [1.807, 2.05) is 0 Å². The van der Waals surface area contributed by atoms with Crippen molar-refractivity contribution in [3.63, 3.8) is 0 Å². The van der Waals surface area contributed by atoms with Crippen LogP contribution in [0.15, 0.2) is 11.6 Å². The Kier molecular flexibility index (Phi) is 1.55. The van der Waals surface area contributed by atoms with E-state index in [2.05, 4.69) is 0 Å². The van der Waals surface area contributed by atoms with Crippen LogP contribution in [0, 0.1) is 0 Å². The number of carbonyl (C=O) groups excluding carboxylic acids is 2. The molecule has 0 bridgehead atoms. The molecule has 1 heterocycles. The Morgan fingerprint density at radius 3 is 2.40 bits per heavy atom. The lowest BCUT2D eigenvalue weighted by atomic mass is 10.2. The molecule has 0 saturated heterocycles.